The fourth-order valence-electron chi connectivity index (χ4n) is 1.51. The third-order valence-electron chi connectivity index (χ3n) is 2.58. The van der Waals surface area contributed by atoms with Crippen molar-refractivity contribution in [2.24, 2.45) is 0 Å². The summed E-state index contributed by atoms with van der Waals surface area (Å²) >= 11 is 0. The maximum absolute atomic E-state index is 11.3. The molecular weight excluding hydrogens is 180 g/mol. The van der Waals surface area contributed by atoms with Gasteiger partial charge in [0, 0.05) is 39.6 Å². The Morgan fingerprint density at radius 1 is 1.43 bits per heavy atom. The Morgan fingerprint density at radius 3 is 2.64 bits per heavy atom. The fourth-order valence-corrected chi connectivity index (χ4v) is 1.51. The number of rotatable bonds is 4. The van der Waals surface area contributed by atoms with E-state index in [0.29, 0.717) is 6.42 Å². The molecule has 1 heterocycles. The third kappa shape index (κ3) is 3.64. The molecule has 1 aliphatic rings. The van der Waals surface area contributed by atoms with E-state index in [0.717, 1.165) is 39.4 Å². The van der Waals surface area contributed by atoms with Gasteiger partial charge >= 0.3 is 0 Å². The number of ether oxygens (including phenoxy) is 1. The van der Waals surface area contributed by atoms with Gasteiger partial charge in [-0.1, -0.05) is 6.92 Å². The Balaban J connectivity index is 2.15. The molecule has 0 unspecified atom stereocenters. The van der Waals surface area contributed by atoms with E-state index in [-0.39, 0.29) is 5.91 Å². The summed E-state index contributed by atoms with van der Waals surface area (Å²) in [7, 11) is 1.87. The molecule has 0 spiro atoms. The van der Waals surface area contributed by atoms with Crippen LogP contribution in [0.5, 0.6) is 0 Å². The summed E-state index contributed by atoms with van der Waals surface area (Å²) in [6, 6.07) is 0. The predicted molar refractivity (Wildman–Crippen MR) is 55.2 cm³/mol. The lowest BCUT2D eigenvalue weighted by Crippen LogP contribution is -2.41. The van der Waals surface area contributed by atoms with E-state index in [9.17, 15) is 4.79 Å². The van der Waals surface area contributed by atoms with Crippen molar-refractivity contribution < 1.29 is 9.53 Å². The molecular formula is C10H20N2O2. The van der Waals surface area contributed by atoms with E-state index in [1.54, 1.807) is 4.90 Å². The van der Waals surface area contributed by atoms with Gasteiger partial charge in [-0.15, -0.1) is 0 Å². The Kier molecular flexibility index (Phi) is 4.90. The van der Waals surface area contributed by atoms with Crippen molar-refractivity contribution in [3.63, 3.8) is 0 Å². The molecule has 1 saturated heterocycles. The average Bonchev–Trinajstić information content (AvgIpc) is 2.26. The number of morpholine rings is 1. The lowest BCUT2D eigenvalue weighted by Gasteiger charge is -2.28. The van der Waals surface area contributed by atoms with Crippen molar-refractivity contribution in [3.8, 4) is 0 Å². The molecule has 4 heteroatoms. The van der Waals surface area contributed by atoms with Crippen molar-refractivity contribution in [3.05, 3.63) is 0 Å². The van der Waals surface area contributed by atoms with Crippen LogP contribution in [-0.4, -0.2) is 62.1 Å². The predicted octanol–water partition coefficient (Wildman–Crippen LogP) is 0.187. The number of amides is 1. The molecule has 0 N–H and O–H groups in total. The molecule has 1 amide bonds. The van der Waals surface area contributed by atoms with Crippen LogP contribution in [0.25, 0.3) is 0 Å². The summed E-state index contributed by atoms with van der Waals surface area (Å²) < 4.78 is 5.25. The number of carbonyl (C=O) groups is 1. The molecule has 0 aromatic carbocycles. The van der Waals surface area contributed by atoms with E-state index in [1.165, 1.54) is 0 Å². The molecule has 1 rings (SSSR count). The lowest BCUT2D eigenvalue weighted by molar-refractivity contribution is -0.129. The zero-order valence-electron chi connectivity index (χ0n) is 9.16. The van der Waals surface area contributed by atoms with Crippen LogP contribution >= 0.6 is 0 Å². The van der Waals surface area contributed by atoms with Gasteiger partial charge in [0.05, 0.1) is 13.2 Å². The standard InChI is InChI=1S/C10H20N2O2/c1-3-10(13)11(2)4-5-12-6-8-14-9-7-12/h3-9H2,1-2H3. The summed E-state index contributed by atoms with van der Waals surface area (Å²) in [5.74, 6) is 0.221. The fraction of sp³-hybridized carbons (Fsp3) is 0.900. The SMILES string of the molecule is CCC(=O)N(C)CCN1CCOCC1. The first-order valence-corrected chi connectivity index (χ1v) is 5.28. The molecule has 0 atom stereocenters. The van der Waals surface area contributed by atoms with Crippen molar-refractivity contribution in [1.29, 1.82) is 0 Å². The maximum Gasteiger partial charge on any atom is 0.222 e. The van der Waals surface area contributed by atoms with Crippen molar-refractivity contribution in [2.45, 2.75) is 13.3 Å². The van der Waals surface area contributed by atoms with E-state index in [2.05, 4.69) is 4.90 Å². The molecule has 0 aromatic heterocycles. The quantitative estimate of drug-likeness (QED) is 0.649. The highest BCUT2D eigenvalue weighted by molar-refractivity contribution is 5.75. The normalized spacial score (nSPS) is 18.1. The summed E-state index contributed by atoms with van der Waals surface area (Å²) in [5.41, 5.74) is 0. The number of likely N-dealkylation sites (N-methyl/N-ethyl adjacent to an activating group) is 1. The number of nitrogens with zero attached hydrogens (tertiary/aromatic N) is 2. The van der Waals surface area contributed by atoms with E-state index >= 15 is 0 Å². The van der Waals surface area contributed by atoms with Crippen LogP contribution in [0.1, 0.15) is 13.3 Å². The Bertz CT molecular complexity index is 179. The van der Waals surface area contributed by atoms with Gasteiger partial charge in [0.25, 0.3) is 0 Å². The highest BCUT2D eigenvalue weighted by Gasteiger charge is 2.12. The van der Waals surface area contributed by atoms with Crippen LogP contribution in [0.2, 0.25) is 0 Å². The van der Waals surface area contributed by atoms with Crippen molar-refractivity contribution in [2.75, 3.05) is 46.4 Å². The average molecular weight is 200 g/mol. The van der Waals surface area contributed by atoms with E-state index in [4.69, 9.17) is 4.74 Å². The molecule has 14 heavy (non-hydrogen) atoms. The minimum Gasteiger partial charge on any atom is -0.379 e. The van der Waals surface area contributed by atoms with Gasteiger partial charge in [-0.2, -0.15) is 0 Å². The van der Waals surface area contributed by atoms with E-state index in [1.807, 2.05) is 14.0 Å². The van der Waals surface area contributed by atoms with Gasteiger partial charge in [0.1, 0.15) is 0 Å². The second-order valence-electron chi connectivity index (χ2n) is 3.62. The molecule has 82 valence electrons. The van der Waals surface area contributed by atoms with Gasteiger partial charge in [-0.25, -0.2) is 0 Å². The first-order chi connectivity index (χ1) is 6.74. The summed E-state index contributed by atoms with van der Waals surface area (Å²) in [6.07, 6.45) is 0.597. The second-order valence-corrected chi connectivity index (χ2v) is 3.62. The molecule has 4 nitrogen and oxygen atoms in total. The Hall–Kier alpha value is -0.610. The second kappa shape index (κ2) is 5.98. The van der Waals surface area contributed by atoms with Crippen LogP contribution < -0.4 is 0 Å². The first-order valence-electron chi connectivity index (χ1n) is 5.28. The largest absolute Gasteiger partial charge is 0.379 e. The highest BCUT2D eigenvalue weighted by Crippen LogP contribution is 1.97. The van der Waals surface area contributed by atoms with Gasteiger partial charge in [-0.05, 0) is 0 Å². The van der Waals surface area contributed by atoms with Gasteiger partial charge in [0.2, 0.25) is 5.91 Å². The van der Waals surface area contributed by atoms with Crippen molar-refractivity contribution >= 4 is 5.91 Å². The molecule has 0 bridgehead atoms. The molecule has 1 aliphatic heterocycles. The summed E-state index contributed by atoms with van der Waals surface area (Å²) in [6.45, 7) is 7.32. The minimum atomic E-state index is 0.221. The number of hydrogen-bond acceptors (Lipinski definition) is 3. The van der Waals surface area contributed by atoms with Crippen molar-refractivity contribution in [1.82, 2.24) is 9.80 Å². The van der Waals surface area contributed by atoms with Crippen LogP contribution in [0.3, 0.4) is 0 Å². The van der Waals surface area contributed by atoms with Gasteiger partial charge < -0.3 is 9.64 Å². The van der Waals surface area contributed by atoms with Gasteiger partial charge in [0.15, 0.2) is 0 Å². The molecule has 0 radical (unpaired) electrons. The van der Waals surface area contributed by atoms with Crippen LogP contribution in [0, 0.1) is 0 Å². The summed E-state index contributed by atoms with van der Waals surface area (Å²) in [4.78, 5) is 15.4. The maximum atomic E-state index is 11.3. The molecule has 0 aromatic rings. The lowest BCUT2D eigenvalue weighted by atomic mass is 10.3. The number of hydrogen-bond donors (Lipinski definition) is 0. The topological polar surface area (TPSA) is 32.8 Å². The van der Waals surface area contributed by atoms with Gasteiger partial charge in [-0.3, -0.25) is 9.69 Å². The zero-order chi connectivity index (χ0) is 10.4. The monoisotopic (exact) mass is 200 g/mol. The van der Waals surface area contributed by atoms with Crippen LogP contribution in [0.15, 0.2) is 0 Å². The van der Waals surface area contributed by atoms with E-state index < -0.39 is 0 Å². The minimum absolute atomic E-state index is 0.221. The Labute approximate surface area is 85.8 Å². The van der Waals surface area contributed by atoms with Crippen LogP contribution in [0.4, 0.5) is 0 Å². The van der Waals surface area contributed by atoms with Crippen LogP contribution in [-0.2, 0) is 9.53 Å². The zero-order valence-corrected chi connectivity index (χ0v) is 9.16. The molecule has 1 fully saturated rings. The third-order valence-corrected chi connectivity index (χ3v) is 2.58. The molecule has 0 aliphatic carbocycles. The summed E-state index contributed by atoms with van der Waals surface area (Å²) in [5, 5.41) is 0. The first kappa shape index (κ1) is 11.5. The highest BCUT2D eigenvalue weighted by atomic mass is 16.5. The molecule has 0 saturated carbocycles. The smallest absolute Gasteiger partial charge is 0.222 e. The Morgan fingerprint density at radius 2 is 2.07 bits per heavy atom. The number of carbonyl (C=O) groups excluding carboxylic acids is 1.